The molecule has 32 heavy (non-hydrogen) atoms. The minimum absolute atomic E-state index is 0.251. The van der Waals surface area contributed by atoms with Crippen molar-refractivity contribution in [3.8, 4) is 5.75 Å². The number of carbonyl (C=O) groups excluding carboxylic acids is 1. The van der Waals surface area contributed by atoms with Gasteiger partial charge in [-0.15, -0.1) is 0 Å². The van der Waals surface area contributed by atoms with Gasteiger partial charge >= 0.3 is 5.97 Å². The first kappa shape index (κ1) is 21.6. The Morgan fingerprint density at radius 2 is 1.75 bits per heavy atom. The van der Waals surface area contributed by atoms with Crippen molar-refractivity contribution in [3.05, 3.63) is 101 Å². The number of nitrogens with zero attached hydrogens (tertiary/aromatic N) is 1. The van der Waals surface area contributed by atoms with E-state index in [-0.39, 0.29) is 5.82 Å². The van der Waals surface area contributed by atoms with Crippen LogP contribution in [0.4, 0.5) is 10.1 Å². The van der Waals surface area contributed by atoms with E-state index >= 15 is 0 Å². The molecular weight excluding hydrogens is 405 g/mol. The van der Waals surface area contributed by atoms with Crippen LogP contribution in [0.3, 0.4) is 0 Å². The fraction of sp³-hybridized carbons (Fsp3) is 0.222. The van der Waals surface area contributed by atoms with Crippen molar-refractivity contribution in [2.45, 2.75) is 18.9 Å². The fourth-order valence-electron chi connectivity index (χ4n) is 4.45. The minimum Gasteiger partial charge on any atom is -0.497 e. The Balaban J connectivity index is 1.80. The normalized spacial score (nSPS) is 17.8. The second-order valence-corrected chi connectivity index (χ2v) is 7.95. The van der Waals surface area contributed by atoms with E-state index in [1.165, 1.54) is 36.4 Å². The monoisotopic (exact) mass is 431 g/mol. The van der Waals surface area contributed by atoms with Gasteiger partial charge in [-0.25, -0.2) is 9.18 Å². The summed E-state index contributed by atoms with van der Waals surface area (Å²) in [6, 6.07) is 21.0. The van der Waals surface area contributed by atoms with Crippen LogP contribution in [0.5, 0.6) is 5.75 Å². The molecule has 3 aromatic rings. The number of carbonyl (C=O) groups is 1. The number of fused-ring (bicyclic) bond motifs is 1. The lowest BCUT2D eigenvalue weighted by Gasteiger charge is -2.48. The lowest BCUT2D eigenvalue weighted by atomic mass is 9.76. The van der Waals surface area contributed by atoms with Crippen molar-refractivity contribution < 1.29 is 18.7 Å². The van der Waals surface area contributed by atoms with Gasteiger partial charge in [-0.3, -0.25) is 0 Å². The van der Waals surface area contributed by atoms with Crippen LogP contribution in [0.2, 0.25) is 0 Å². The van der Waals surface area contributed by atoms with E-state index in [2.05, 4.69) is 40.8 Å². The van der Waals surface area contributed by atoms with E-state index in [0.717, 1.165) is 35.5 Å². The molecule has 0 aromatic heterocycles. The lowest BCUT2D eigenvalue weighted by molar-refractivity contribution is -0.134. The summed E-state index contributed by atoms with van der Waals surface area (Å²) in [7, 11) is 3.03. The molecule has 1 aliphatic heterocycles. The van der Waals surface area contributed by atoms with Gasteiger partial charge in [0.25, 0.3) is 0 Å². The third-order valence-electron chi connectivity index (χ3n) is 6.21. The van der Waals surface area contributed by atoms with Crippen LogP contribution < -0.4 is 9.64 Å². The maximum absolute atomic E-state index is 13.6. The molecule has 0 spiro atoms. The van der Waals surface area contributed by atoms with Gasteiger partial charge in [0.2, 0.25) is 0 Å². The number of anilines is 1. The van der Waals surface area contributed by atoms with Crippen LogP contribution in [-0.4, -0.2) is 26.7 Å². The highest BCUT2D eigenvalue weighted by Gasteiger charge is 2.40. The molecule has 4 rings (SSSR count). The molecule has 1 heterocycles. The molecule has 0 radical (unpaired) electrons. The van der Waals surface area contributed by atoms with E-state index in [9.17, 15) is 9.18 Å². The first-order valence-electron chi connectivity index (χ1n) is 10.5. The number of benzene rings is 3. The summed E-state index contributed by atoms with van der Waals surface area (Å²) in [6.07, 6.45) is 4.00. The Labute approximate surface area is 187 Å². The van der Waals surface area contributed by atoms with E-state index in [1.807, 2.05) is 30.3 Å². The third-order valence-corrected chi connectivity index (χ3v) is 6.21. The van der Waals surface area contributed by atoms with Gasteiger partial charge in [0, 0.05) is 18.3 Å². The van der Waals surface area contributed by atoms with Crippen LogP contribution in [-0.2, 0) is 21.5 Å². The van der Waals surface area contributed by atoms with Crippen molar-refractivity contribution in [3.63, 3.8) is 0 Å². The average molecular weight is 432 g/mol. The predicted octanol–water partition coefficient (Wildman–Crippen LogP) is 5.35. The molecule has 0 saturated heterocycles. The molecule has 164 valence electrons. The Morgan fingerprint density at radius 1 is 1.03 bits per heavy atom. The average Bonchev–Trinajstić information content (AvgIpc) is 2.83. The van der Waals surface area contributed by atoms with Crippen LogP contribution in [0.1, 0.15) is 29.2 Å². The van der Waals surface area contributed by atoms with Crippen LogP contribution in [0.15, 0.2) is 72.8 Å². The number of methoxy groups -OCH3 is 2. The highest BCUT2D eigenvalue weighted by Crippen LogP contribution is 2.44. The smallest absolute Gasteiger partial charge is 0.330 e. The van der Waals surface area contributed by atoms with Gasteiger partial charge < -0.3 is 14.4 Å². The zero-order valence-electron chi connectivity index (χ0n) is 18.5. The van der Waals surface area contributed by atoms with Crippen LogP contribution in [0.25, 0.3) is 6.08 Å². The van der Waals surface area contributed by atoms with E-state index in [0.29, 0.717) is 0 Å². The molecular formula is C27H26FNO3. The fourth-order valence-corrected chi connectivity index (χ4v) is 4.45. The summed E-state index contributed by atoms with van der Waals surface area (Å²) in [6.45, 7) is 2.98. The number of hydrogen-bond acceptors (Lipinski definition) is 4. The van der Waals surface area contributed by atoms with Gasteiger partial charge in [0.05, 0.1) is 19.8 Å². The highest BCUT2D eigenvalue weighted by atomic mass is 19.1. The number of halogens is 1. The molecule has 1 aliphatic rings. The van der Waals surface area contributed by atoms with Crippen molar-refractivity contribution in [1.29, 1.82) is 0 Å². The Bertz CT molecular complexity index is 1140. The largest absolute Gasteiger partial charge is 0.497 e. The molecule has 0 fully saturated rings. The van der Waals surface area contributed by atoms with E-state index < -0.39 is 11.5 Å². The van der Waals surface area contributed by atoms with Gasteiger partial charge in [-0.05, 0) is 78.1 Å². The first-order valence-corrected chi connectivity index (χ1v) is 10.5. The van der Waals surface area contributed by atoms with Gasteiger partial charge in [-0.2, -0.15) is 0 Å². The Morgan fingerprint density at radius 3 is 2.41 bits per heavy atom. The molecule has 0 aliphatic carbocycles. The molecule has 0 saturated carbocycles. The van der Waals surface area contributed by atoms with Crippen molar-refractivity contribution in [1.82, 2.24) is 0 Å². The molecule has 0 N–H and O–H groups in total. The SMILES string of the molecule is COC(=O)/C=C/c1ccc(C2(C)c3ccc(OC)cc3CCN2c2ccc(F)cc2)cc1. The summed E-state index contributed by atoms with van der Waals surface area (Å²) in [5, 5.41) is 0. The number of rotatable bonds is 5. The standard InChI is InChI=1S/C27H26FNO3/c1-27(21-7-4-19(5-8-21)6-15-26(30)32-3)25-14-13-24(31-2)18-20(25)16-17-29(27)23-11-9-22(28)10-12-23/h4-15,18H,16-17H2,1-3H3/b15-6+. The summed E-state index contributed by atoms with van der Waals surface area (Å²) in [5.74, 6) is 0.197. The number of ether oxygens (including phenoxy) is 2. The van der Waals surface area contributed by atoms with Gasteiger partial charge in [0.1, 0.15) is 11.6 Å². The number of hydrogen-bond donors (Lipinski definition) is 0. The van der Waals surface area contributed by atoms with Crippen molar-refractivity contribution >= 4 is 17.7 Å². The second-order valence-electron chi connectivity index (χ2n) is 7.95. The van der Waals surface area contributed by atoms with Crippen LogP contribution in [0, 0.1) is 5.82 Å². The lowest BCUT2D eigenvalue weighted by Crippen LogP contribution is -2.49. The molecule has 1 atom stereocenters. The summed E-state index contributed by atoms with van der Waals surface area (Å²) in [4.78, 5) is 13.7. The molecule has 4 nitrogen and oxygen atoms in total. The molecule has 5 heteroatoms. The maximum atomic E-state index is 13.6. The van der Waals surface area contributed by atoms with Gasteiger partial charge in [0.15, 0.2) is 0 Å². The van der Waals surface area contributed by atoms with Crippen LogP contribution >= 0.6 is 0 Å². The number of esters is 1. The van der Waals surface area contributed by atoms with Crippen molar-refractivity contribution in [2.24, 2.45) is 0 Å². The highest BCUT2D eigenvalue weighted by molar-refractivity contribution is 5.86. The third kappa shape index (κ3) is 3.98. The molecule has 1 unspecified atom stereocenters. The minimum atomic E-state index is -0.470. The molecule has 3 aromatic carbocycles. The summed E-state index contributed by atoms with van der Waals surface area (Å²) in [5.41, 5.74) is 4.92. The summed E-state index contributed by atoms with van der Waals surface area (Å²) >= 11 is 0. The molecule has 0 amide bonds. The first-order chi connectivity index (χ1) is 15.5. The topological polar surface area (TPSA) is 38.8 Å². The van der Waals surface area contributed by atoms with Gasteiger partial charge in [-0.1, -0.05) is 30.3 Å². The van der Waals surface area contributed by atoms with E-state index in [1.54, 1.807) is 13.2 Å². The zero-order chi connectivity index (χ0) is 22.7. The predicted molar refractivity (Wildman–Crippen MR) is 124 cm³/mol. The Kier molecular flexibility index (Phi) is 5.99. The maximum Gasteiger partial charge on any atom is 0.330 e. The van der Waals surface area contributed by atoms with E-state index in [4.69, 9.17) is 4.74 Å². The van der Waals surface area contributed by atoms with Crippen molar-refractivity contribution in [2.75, 3.05) is 25.7 Å². The zero-order valence-corrected chi connectivity index (χ0v) is 18.5. The Hall–Kier alpha value is -3.60. The molecule has 0 bridgehead atoms. The second kappa shape index (κ2) is 8.87. The quantitative estimate of drug-likeness (QED) is 0.403. The summed E-state index contributed by atoms with van der Waals surface area (Å²) < 4.78 is 23.7.